The van der Waals surface area contributed by atoms with Crippen LogP contribution in [0.3, 0.4) is 0 Å². The van der Waals surface area contributed by atoms with Crippen LogP contribution in [0.4, 0.5) is 0 Å². The fourth-order valence-electron chi connectivity index (χ4n) is 2.57. The highest BCUT2D eigenvalue weighted by molar-refractivity contribution is 4.68. The van der Waals surface area contributed by atoms with E-state index in [1.165, 1.54) is 57.8 Å². The molecule has 0 aromatic rings. The van der Waals surface area contributed by atoms with Gasteiger partial charge < -0.3 is 10.1 Å². The highest BCUT2D eigenvalue weighted by Crippen LogP contribution is 2.14. The van der Waals surface area contributed by atoms with E-state index >= 15 is 0 Å². The van der Waals surface area contributed by atoms with Crippen LogP contribution in [0.15, 0.2) is 0 Å². The van der Waals surface area contributed by atoms with Crippen LogP contribution < -0.4 is 5.32 Å². The van der Waals surface area contributed by atoms with Crippen molar-refractivity contribution in [2.75, 3.05) is 20.8 Å². The van der Waals surface area contributed by atoms with Gasteiger partial charge in [-0.2, -0.15) is 0 Å². The number of hydrogen-bond donors (Lipinski definition) is 1. The van der Waals surface area contributed by atoms with Crippen LogP contribution in [-0.4, -0.2) is 26.8 Å². The zero-order chi connectivity index (χ0) is 13.6. The molecule has 0 bridgehead atoms. The molecule has 18 heavy (non-hydrogen) atoms. The summed E-state index contributed by atoms with van der Waals surface area (Å²) in [7, 11) is 3.88. The summed E-state index contributed by atoms with van der Waals surface area (Å²) < 4.78 is 5.20. The van der Waals surface area contributed by atoms with E-state index in [-0.39, 0.29) is 0 Å². The molecule has 0 heterocycles. The lowest BCUT2D eigenvalue weighted by Gasteiger charge is -2.20. The summed E-state index contributed by atoms with van der Waals surface area (Å²) in [5.41, 5.74) is 0. The maximum Gasteiger partial charge on any atom is 0.0488 e. The largest absolute Gasteiger partial charge is 0.384 e. The predicted molar refractivity (Wildman–Crippen MR) is 81.1 cm³/mol. The number of methoxy groups -OCH3 is 1. The standard InChI is InChI=1S/C16H35NO/c1-5-6-7-8-9-10-11-12-16(17-3)13-15(2)14-18-4/h15-17H,5-14H2,1-4H3. The molecule has 2 heteroatoms. The highest BCUT2D eigenvalue weighted by atomic mass is 16.5. The Morgan fingerprint density at radius 3 is 2.17 bits per heavy atom. The molecule has 0 aromatic heterocycles. The van der Waals surface area contributed by atoms with E-state index in [1.54, 1.807) is 7.11 Å². The third-order valence-corrected chi connectivity index (χ3v) is 3.70. The first-order valence-corrected chi connectivity index (χ1v) is 7.90. The van der Waals surface area contributed by atoms with Gasteiger partial charge in [0.15, 0.2) is 0 Å². The molecule has 2 unspecified atom stereocenters. The molecular formula is C16H35NO. The molecule has 0 radical (unpaired) electrons. The maximum absolute atomic E-state index is 5.20. The minimum absolute atomic E-state index is 0.664. The second kappa shape index (κ2) is 13.4. The summed E-state index contributed by atoms with van der Waals surface area (Å²) in [4.78, 5) is 0. The molecule has 0 aromatic carbocycles. The SMILES string of the molecule is CCCCCCCCCC(CC(C)COC)NC. The van der Waals surface area contributed by atoms with Gasteiger partial charge >= 0.3 is 0 Å². The van der Waals surface area contributed by atoms with Crippen molar-refractivity contribution in [1.82, 2.24) is 5.32 Å². The van der Waals surface area contributed by atoms with Gasteiger partial charge in [0.1, 0.15) is 0 Å². The van der Waals surface area contributed by atoms with Crippen molar-refractivity contribution in [1.29, 1.82) is 0 Å². The van der Waals surface area contributed by atoms with Gasteiger partial charge in [-0.15, -0.1) is 0 Å². The van der Waals surface area contributed by atoms with Gasteiger partial charge in [-0.1, -0.05) is 58.8 Å². The normalized spacial score (nSPS) is 14.7. The summed E-state index contributed by atoms with van der Waals surface area (Å²) in [5, 5.41) is 3.45. The Balaban J connectivity index is 3.43. The lowest BCUT2D eigenvalue weighted by molar-refractivity contribution is 0.149. The summed E-state index contributed by atoms with van der Waals surface area (Å²) in [6, 6.07) is 0.672. The molecule has 1 N–H and O–H groups in total. The fraction of sp³-hybridized carbons (Fsp3) is 1.00. The monoisotopic (exact) mass is 257 g/mol. The van der Waals surface area contributed by atoms with Gasteiger partial charge in [0.05, 0.1) is 0 Å². The van der Waals surface area contributed by atoms with E-state index in [0.717, 1.165) is 6.61 Å². The molecule has 0 rings (SSSR count). The Labute approximate surface area is 115 Å². The van der Waals surface area contributed by atoms with Crippen LogP contribution in [-0.2, 0) is 4.74 Å². The highest BCUT2D eigenvalue weighted by Gasteiger charge is 2.10. The fourth-order valence-corrected chi connectivity index (χ4v) is 2.57. The zero-order valence-electron chi connectivity index (χ0n) is 13.1. The molecule has 0 amide bonds. The van der Waals surface area contributed by atoms with Crippen LogP contribution in [0.25, 0.3) is 0 Å². The first kappa shape index (κ1) is 17.9. The van der Waals surface area contributed by atoms with Crippen LogP contribution in [0.2, 0.25) is 0 Å². The van der Waals surface area contributed by atoms with Crippen molar-refractivity contribution in [3.63, 3.8) is 0 Å². The first-order valence-electron chi connectivity index (χ1n) is 7.90. The lowest BCUT2D eigenvalue weighted by Crippen LogP contribution is -2.28. The van der Waals surface area contributed by atoms with Crippen molar-refractivity contribution in [2.24, 2.45) is 5.92 Å². The molecule has 0 aliphatic heterocycles. The number of rotatable bonds is 13. The molecule has 0 aliphatic carbocycles. The van der Waals surface area contributed by atoms with Crippen molar-refractivity contribution >= 4 is 0 Å². The minimum Gasteiger partial charge on any atom is -0.384 e. The van der Waals surface area contributed by atoms with Gasteiger partial charge in [-0.3, -0.25) is 0 Å². The van der Waals surface area contributed by atoms with Crippen LogP contribution in [0.5, 0.6) is 0 Å². The molecule has 0 aliphatic rings. The Hall–Kier alpha value is -0.0800. The van der Waals surface area contributed by atoms with E-state index in [2.05, 4.69) is 26.2 Å². The molecule has 0 fully saturated rings. The third-order valence-electron chi connectivity index (χ3n) is 3.70. The van der Waals surface area contributed by atoms with Gasteiger partial charge in [0.2, 0.25) is 0 Å². The van der Waals surface area contributed by atoms with Gasteiger partial charge in [0.25, 0.3) is 0 Å². The lowest BCUT2D eigenvalue weighted by atomic mass is 9.97. The van der Waals surface area contributed by atoms with Crippen molar-refractivity contribution < 1.29 is 4.74 Å². The summed E-state index contributed by atoms with van der Waals surface area (Å²) in [6.07, 6.45) is 12.4. The smallest absolute Gasteiger partial charge is 0.0488 e. The molecule has 0 saturated carbocycles. The van der Waals surface area contributed by atoms with E-state index in [1.807, 2.05) is 0 Å². The van der Waals surface area contributed by atoms with E-state index in [0.29, 0.717) is 12.0 Å². The Bertz CT molecular complexity index is 161. The average Bonchev–Trinajstić information content (AvgIpc) is 2.36. The molecule has 110 valence electrons. The minimum atomic E-state index is 0.664. The van der Waals surface area contributed by atoms with Crippen molar-refractivity contribution in [2.45, 2.75) is 77.7 Å². The second-order valence-corrected chi connectivity index (χ2v) is 5.69. The number of ether oxygens (including phenoxy) is 1. The van der Waals surface area contributed by atoms with Gasteiger partial charge in [-0.05, 0) is 25.8 Å². The van der Waals surface area contributed by atoms with Gasteiger partial charge in [0, 0.05) is 19.8 Å². The maximum atomic E-state index is 5.20. The topological polar surface area (TPSA) is 21.3 Å². The molecule has 2 nitrogen and oxygen atoms in total. The number of unbranched alkanes of at least 4 members (excludes halogenated alkanes) is 6. The van der Waals surface area contributed by atoms with E-state index in [4.69, 9.17) is 4.74 Å². The third kappa shape index (κ3) is 11.0. The Morgan fingerprint density at radius 2 is 1.61 bits per heavy atom. The van der Waals surface area contributed by atoms with E-state index < -0.39 is 0 Å². The average molecular weight is 257 g/mol. The molecular weight excluding hydrogens is 222 g/mol. The summed E-state index contributed by atoms with van der Waals surface area (Å²) in [5.74, 6) is 0.664. The Morgan fingerprint density at radius 1 is 1.00 bits per heavy atom. The van der Waals surface area contributed by atoms with Crippen LogP contribution in [0.1, 0.15) is 71.6 Å². The van der Waals surface area contributed by atoms with Crippen LogP contribution >= 0.6 is 0 Å². The predicted octanol–water partition coefficient (Wildman–Crippen LogP) is 4.39. The number of hydrogen-bond acceptors (Lipinski definition) is 2. The summed E-state index contributed by atoms with van der Waals surface area (Å²) in [6.45, 7) is 5.44. The zero-order valence-corrected chi connectivity index (χ0v) is 13.1. The van der Waals surface area contributed by atoms with Crippen LogP contribution in [0, 0.1) is 5.92 Å². The quantitative estimate of drug-likeness (QED) is 0.494. The molecule has 0 saturated heterocycles. The first-order chi connectivity index (χ1) is 8.74. The van der Waals surface area contributed by atoms with Crippen molar-refractivity contribution in [3.05, 3.63) is 0 Å². The summed E-state index contributed by atoms with van der Waals surface area (Å²) >= 11 is 0. The number of nitrogens with one attached hydrogen (secondary N) is 1. The molecule has 0 spiro atoms. The van der Waals surface area contributed by atoms with Gasteiger partial charge in [-0.25, -0.2) is 0 Å². The Kier molecular flexibility index (Phi) is 13.3. The second-order valence-electron chi connectivity index (χ2n) is 5.69. The van der Waals surface area contributed by atoms with Crippen molar-refractivity contribution in [3.8, 4) is 0 Å². The van der Waals surface area contributed by atoms with E-state index in [9.17, 15) is 0 Å². The molecule has 2 atom stereocenters.